The average Bonchev–Trinajstić information content (AvgIpc) is 2.67. The number of nitrogens with zero attached hydrogens (tertiary/aromatic N) is 1. The molecule has 1 N–H and O–H groups in total. The van der Waals surface area contributed by atoms with Crippen molar-refractivity contribution in [3.8, 4) is 11.5 Å². The number of benzene rings is 2. The van der Waals surface area contributed by atoms with Crippen molar-refractivity contribution < 1.29 is 14.3 Å². The number of carbonyl (C=O) groups excluding carboxylic acids is 1. The molecule has 3 aromatic rings. The summed E-state index contributed by atoms with van der Waals surface area (Å²) < 4.78 is 10.8. The summed E-state index contributed by atoms with van der Waals surface area (Å²) in [5.74, 6) is 0.741. The van der Waals surface area contributed by atoms with Crippen LogP contribution in [0.3, 0.4) is 0 Å². The van der Waals surface area contributed by atoms with Crippen LogP contribution < -0.4 is 14.8 Å². The molecule has 0 aliphatic rings. The van der Waals surface area contributed by atoms with Gasteiger partial charge in [-0.05, 0) is 42.8 Å². The number of halogens is 1. The summed E-state index contributed by atoms with van der Waals surface area (Å²) in [4.78, 5) is 16.7. The Morgan fingerprint density at radius 1 is 1.26 bits per heavy atom. The topological polar surface area (TPSA) is 60.5 Å². The summed E-state index contributed by atoms with van der Waals surface area (Å²) >= 11 is 6.23. The Hall–Kier alpha value is -3.05. The minimum atomic E-state index is -0.266. The standard InChI is InChI=1S/C21H19ClN2O3/c1-3-27-18-13-14(12-16(22)21(18)26-2)9-10-19(25)24-17-8-4-6-15-7-5-11-23-20(15)17/h4-13H,3H2,1-2H3,(H,24,25)/b10-9+. The highest BCUT2D eigenvalue weighted by atomic mass is 35.5. The molecule has 1 heterocycles. The Morgan fingerprint density at radius 3 is 2.85 bits per heavy atom. The lowest BCUT2D eigenvalue weighted by Gasteiger charge is -2.11. The molecule has 0 saturated heterocycles. The van der Waals surface area contributed by atoms with E-state index >= 15 is 0 Å². The first kappa shape index (κ1) is 18.7. The number of para-hydroxylation sites is 1. The zero-order valence-corrected chi connectivity index (χ0v) is 15.8. The molecular weight excluding hydrogens is 364 g/mol. The van der Waals surface area contributed by atoms with E-state index in [2.05, 4.69) is 10.3 Å². The number of rotatable bonds is 6. The minimum absolute atomic E-state index is 0.266. The molecule has 138 valence electrons. The quantitative estimate of drug-likeness (QED) is 0.613. The first-order valence-corrected chi connectivity index (χ1v) is 8.83. The highest BCUT2D eigenvalue weighted by molar-refractivity contribution is 6.32. The second-order valence-electron chi connectivity index (χ2n) is 5.67. The monoisotopic (exact) mass is 382 g/mol. The number of carbonyl (C=O) groups is 1. The number of ether oxygens (including phenoxy) is 2. The van der Waals surface area contributed by atoms with E-state index in [1.165, 1.54) is 13.2 Å². The number of anilines is 1. The van der Waals surface area contributed by atoms with Crippen LogP contribution in [0.25, 0.3) is 17.0 Å². The molecule has 0 radical (unpaired) electrons. The number of nitrogens with one attached hydrogen (secondary N) is 1. The van der Waals surface area contributed by atoms with Gasteiger partial charge in [0, 0.05) is 17.7 Å². The molecule has 0 saturated carbocycles. The average molecular weight is 383 g/mol. The van der Waals surface area contributed by atoms with Gasteiger partial charge in [-0.15, -0.1) is 0 Å². The molecule has 0 fully saturated rings. The van der Waals surface area contributed by atoms with E-state index in [9.17, 15) is 4.79 Å². The van der Waals surface area contributed by atoms with Crippen LogP contribution in [0.5, 0.6) is 11.5 Å². The molecule has 2 aromatic carbocycles. The smallest absolute Gasteiger partial charge is 0.248 e. The van der Waals surface area contributed by atoms with Crippen LogP contribution in [-0.4, -0.2) is 24.6 Å². The zero-order chi connectivity index (χ0) is 19.2. The van der Waals surface area contributed by atoms with Gasteiger partial charge in [0.25, 0.3) is 0 Å². The van der Waals surface area contributed by atoms with Crippen molar-refractivity contribution in [2.75, 3.05) is 19.0 Å². The fourth-order valence-corrected chi connectivity index (χ4v) is 2.99. The molecule has 0 spiro atoms. The summed E-state index contributed by atoms with van der Waals surface area (Å²) in [7, 11) is 1.53. The maximum atomic E-state index is 12.3. The van der Waals surface area contributed by atoms with Gasteiger partial charge in [-0.1, -0.05) is 29.8 Å². The van der Waals surface area contributed by atoms with Crippen molar-refractivity contribution in [3.63, 3.8) is 0 Å². The molecule has 1 amide bonds. The van der Waals surface area contributed by atoms with E-state index in [4.69, 9.17) is 21.1 Å². The molecule has 0 unspecified atom stereocenters. The molecule has 0 aliphatic carbocycles. The van der Waals surface area contributed by atoms with E-state index in [0.29, 0.717) is 28.8 Å². The second-order valence-corrected chi connectivity index (χ2v) is 6.08. The van der Waals surface area contributed by atoms with E-state index in [-0.39, 0.29) is 5.91 Å². The molecule has 5 nitrogen and oxygen atoms in total. The van der Waals surface area contributed by atoms with Gasteiger partial charge in [0.05, 0.1) is 29.9 Å². The van der Waals surface area contributed by atoms with Crippen LogP contribution >= 0.6 is 11.6 Å². The summed E-state index contributed by atoms with van der Waals surface area (Å²) in [6, 6.07) is 12.9. The fourth-order valence-electron chi connectivity index (χ4n) is 2.70. The highest BCUT2D eigenvalue weighted by Gasteiger charge is 2.11. The molecular formula is C21H19ClN2O3. The molecule has 1 aromatic heterocycles. The number of pyridine rings is 1. The maximum absolute atomic E-state index is 12.3. The Kier molecular flexibility index (Phi) is 5.94. The van der Waals surface area contributed by atoms with Crippen LogP contribution in [0, 0.1) is 0 Å². The predicted octanol–water partition coefficient (Wildman–Crippen LogP) is 4.95. The summed E-state index contributed by atoms with van der Waals surface area (Å²) in [6.45, 7) is 2.36. The second kappa shape index (κ2) is 8.56. The molecule has 0 atom stereocenters. The molecule has 6 heteroatoms. The van der Waals surface area contributed by atoms with E-state index in [0.717, 1.165) is 16.5 Å². The van der Waals surface area contributed by atoms with E-state index in [1.807, 2.05) is 37.3 Å². The van der Waals surface area contributed by atoms with Gasteiger partial charge in [0.1, 0.15) is 0 Å². The number of amides is 1. The minimum Gasteiger partial charge on any atom is -0.491 e. The Balaban J connectivity index is 1.80. The number of hydrogen-bond donors (Lipinski definition) is 1. The van der Waals surface area contributed by atoms with Gasteiger partial charge in [-0.3, -0.25) is 9.78 Å². The number of methoxy groups -OCH3 is 1. The van der Waals surface area contributed by atoms with Crippen molar-refractivity contribution in [1.29, 1.82) is 0 Å². The number of aromatic nitrogens is 1. The van der Waals surface area contributed by atoms with E-state index in [1.54, 1.807) is 24.4 Å². The van der Waals surface area contributed by atoms with Crippen LogP contribution in [0.15, 0.2) is 54.7 Å². The van der Waals surface area contributed by atoms with Crippen LogP contribution in [0.1, 0.15) is 12.5 Å². The lowest BCUT2D eigenvalue weighted by molar-refractivity contribution is -0.111. The third-order valence-corrected chi connectivity index (χ3v) is 4.13. The van der Waals surface area contributed by atoms with Crippen molar-refractivity contribution in [1.82, 2.24) is 4.98 Å². The Labute approximate surface area is 162 Å². The van der Waals surface area contributed by atoms with Gasteiger partial charge in [-0.25, -0.2) is 0 Å². The van der Waals surface area contributed by atoms with Gasteiger partial charge in [0.15, 0.2) is 11.5 Å². The predicted molar refractivity (Wildman–Crippen MR) is 109 cm³/mol. The molecule has 0 aliphatic heterocycles. The maximum Gasteiger partial charge on any atom is 0.248 e. The van der Waals surface area contributed by atoms with Crippen molar-refractivity contribution in [3.05, 3.63) is 65.3 Å². The molecule has 3 rings (SSSR count). The third kappa shape index (κ3) is 4.38. The summed E-state index contributed by atoms with van der Waals surface area (Å²) in [6.07, 6.45) is 4.81. The van der Waals surface area contributed by atoms with Crippen molar-refractivity contribution in [2.24, 2.45) is 0 Å². The van der Waals surface area contributed by atoms with Crippen LogP contribution in [0.2, 0.25) is 5.02 Å². The number of hydrogen-bond acceptors (Lipinski definition) is 4. The largest absolute Gasteiger partial charge is 0.491 e. The first-order valence-electron chi connectivity index (χ1n) is 8.45. The lowest BCUT2D eigenvalue weighted by Crippen LogP contribution is -2.08. The lowest BCUT2D eigenvalue weighted by atomic mass is 10.1. The van der Waals surface area contributed by atoms with Gasteiger partial charge >= 0.3 is 0 Å². The number of fused-ring (bicyclic) bond motifs is 1. The SMILES string of the molecule is CCOc1cc(/C=C/C(=O)Nc2cccc3cccnc23)cc(Cl)c1OC. The van der Waals surface area contributed by atoms with Gasteiger partial charge < -0.3 is 14.8 Å². The summed E-state index contributed by atoms with van der Waals surface area (Å²) in [5, 5.41) is 4.23. The fraction of sp³-hybridized carbons (Fsp3) is 0.143. The Morgan fingerprint density at radius 2 is 2.07 bits per heavy atom. The molecule has 27 heavy (non-hydrogen) atoms. The van der Waals surface area contributed by atoms with Crippen LogP contribution in [-0.2, 0) is 4.79 Å². The van der Waals surface area contributed by atoms with E-state index < -0.39 is 0 Å². The summed E-state index contributed by atoms with van der Waals surface area (Å²) in [5.41, 5.74) is 2.13. The Bertz CT molecular complexity index is 997. The third-order valence-electron chi connectivity index (χ3n) is 3.85. The molecule has 0 bridgehead atoms. The van der Waals surface area contributed by atoms with Gasteiger partial charge in [-0.2, -0.15) is 0 Å². The van der Waals surface area contributed by atoms with Gasteiger partial charge in [0.2, 0.25) is 5.91 Å². The van der Waals surface area contributed by atoms with Crippen molar-refractivity contribution >= 4 is 40.2 Å². The highest BCUT2D eigenvalue weighted by Crippen LogP contribution is 2.36. The normalized spacial score (nSPS) is 10.9. The zero-order valence-electron chi connectivity index (χ0n) is 15.0. The van der Waals surface area contributed by atoms with Crippen LogP contribution in [0.4, 0.5) is 5.69 Å². The van der Waals surface area contributed by atoms with Crippen molar-refractivity contribution in [2.45, 2.75) is 6.92 Å². The first-order chi connectivity index (χ1) is 13.1.